The van der Waals surface area contributed by atoms with Crippen molar-refractivity contribution in [2.24, 2.45) is 5.10 Å². The topological polar surface area (TPSA) is 118 Å². The lowest BCUT2D eigenvalue weighted by atomic mass is 10.2. The predicted molar refractivity (Wildman–Crippen MR) is 74.1 cm³/mol. The summed E-state index contributed by atoms with van der Waals surface area (Å²) >= 11 is 1.06. The van der Waals surface area contributed by atoms with Gasteiger partial charge in [0, 0.05) is 13.8 Å². The van der Waals surface area contributed by atoms with E-state index in [0.29, 0.717) is 0 Å². The second kappa shape index (κ2) is 5.20. The Hall–Kier alpha value is -2.36. The molecule has 1 aliphatic rings. The van der Waals surface area contributed by atoms with Crippen LogP contribution >= 0.6 is 11.8 Å². The molecule has 0 saturated heterocycles. The van der Waals surface area contributed by atoms with E-state index in [9.17, 15) is 19.7 Å². The lowest BCUT2D eigenvalue weighted by Crippen LogP contribution is -2.37. The van der Waals surface area contributed by atoms with Crippen molar-refractivity contribution < 1.29 is 18.9 Å². The highest BCUT2D eigenvalue weighted by Crippen LogP contribution is 2.46. The number of thioether (sulfide) groups is 1. The summed E-state index contributed by atoms with van der Waals surface area (Å²) in [4.78, 5) is 31.8. The minimum Gasteiger partial charge on any atom is -0.402 e. The number of carbonyl (C=O) groups excluding carboxylic acids is 2. The van der Waals surface area contributed by atoms with E-state index in [2.05, 4.69) is 10.4 Å². The number of furan rings is 1. The number of hydrazone groups is 1. The van der Waals surface area contributed by atoms with E-state index in [-0.39, 0.29) is 22.7 Å². The van der Waals surface area contributed by atoms with Gasteiger partial charge >= 0.3 is 5.88 Å². The third-order valence-corrected chi connectivity index (χ3v) is 3.85. The molecular formula is C11H12N4O5S. The number of nitro groups is 1. The third kappa shape index (κ3) is 2.75. The SMILES string of the molecule is CC(=O)NC1=NN(C(C)=O)[C@](C)(c2ccc([N+](=O)[O-])o2)S1. The number of nitrogens with zero attached hydrogens (tertiary/aromatic N) is 3. The summed E-state index contributed by atoms with van der Waals surface area (Å²) < 4.78 is 5.17. The normalized spacial score (nSPS) is 21.1. The molecule has 0 radical (unpaired) electrons. The van der Waals surface area contributed by atoms with E-state index < -0.39 is 15.7 Å². The largest absolute Gasteiger partial charge is 0.433 e. The average Bonchev–Trinajstić information content (AvgIpc) is 2.94. The first-order valence-corrected chi connectivity index (χ1v) is 6.66. The van der Waals surface area contributed by atoms with Gasteiger partial charge in [-0.15, -0.1) is 5.10 Å². The molecule has 1 atom stereocenters. The zero-order chi connectivity index (χ0) is 15.8. The van der Waals surface area contributed by atoms with Crippen molar-refractivity contribution in [3.8, 4) is 0 Å². The average molecular weight is 312 g/mol. The van der Waals surface area contributed by atoms with E-state index in [1.54, 1.807) is 6.92 Å². The molecule has 10 heteroatoms. The van der Waals surface area contributed by atoms with Gasteiger partial charge in [0.15, 0.2) is 10.0 Å². The number of carbonyl (C=O) groups is 2. The first-order chi connectivity index (χ1) is 9.74. The summed E-state index contributed by atoms with van der Waals surface area (Å²) in [6.07, 6.45) is 0. The van der Waals surface area contributed by atoms with Crippen LogP contribution in [0.3, 0.4) is 0 Å². The Balaban J connectivity index is 2.37. The van der Waals surface area contributed by atoms with Crippen LogP contribution in [0.5, 0.6) is 0 Å². The second-order valence-electron chi connectivity index (χ2n) is 4.40. The van der Waals surface area contributed by atoms with Crippen molar-refractivity contribution in [1.29, 1.82) is 0 Å². The molecule has 1 aromatic heterocycles. The predicted octanol–water partition coefficient (Wildman–Crippen LogP) is 1.36. The fraction of sp³-hybridized carbons (Fsp3) is 0.364. The lowest BCUT2D eigenvalue weighted by molar-refractivity contribution is -0.402. The van der Waals surface area contributed by atoms with Crippen molar-refractivity contribution >= 4 is 34.6 Å². The molecule has 0 bridgehead atoms. The van der Waals surface area contributed by atoms with Gasteiger partial charge < -0.3 is 9.73 Å². The molecule has 0 fully saturated rings. The zero-order valence-electron chi connectivity index (χ0n) is 11.4. The van der Waals surface area contributed by atoms with Gasteiger partial charge in [0.05, 0.1) is 6.07 Å². The van der Waals surface area contributed by atoms with Gasteiger partial charge in [0.2, 0.25) is 11.8 Å². The fourth-order valence-corrected chi connectivity index (χ4v) is 3.00. The molecule has 0 spiro atoms. The Labute approximate surface area is 123 Å². The van der Waals surface area contributed by atoms with Crippen LogP contribution < -0.4 is 5.32 Å². The Morgan fingerprint density at radius 3 is 2.62 bits per heavy atom. The number of rotatable bonds is 2. The van der Waals surface area contributed by atoms with Gasteiger partial charge in [-0.05, 0) is 24.8 Å². The molecule has 2 amide bonds. The van der Waals surface area contributed by atoms with Gasteiger partial charge in [-0.2, -0.15) is 0 Å². The quantitative estimate of drug-likeness (QED) is 0.650. The Kier molecular flexibility index (Phi) is 3.73. The summed E-state index contributed by atoms with van der Waals surface area (Å²) in [6, 6.07) is 2.61. The molecule has 2 rings (SSSR count). The standard InChI is InChI=1S/C11H12N4O5S/c1-6(16)12-10-13-14(7(2)17)11(3,21-10)8-4-5-9(20-8)15(18)19/h4-5H,1-3H3,(H,12,13,16)/t11-/m0/s1. The van der Waals surface area contributed by atoms with Crippen molar-refractivity contribution in [1.82, 2.24) is 10.3 Å². The van der Waals surface area contributed by atoms with Crippen molar-refractivity contribution in [3.63, 3.8) is 0 Å². The van der Waals surface area contributed by atoms with Crippen LogP contribution in [-0.2, 0) is 14.5 Å². The van der Waals surface area contributed by atoms with E-state index in [1.807, 2.05) is 0 Å². The van der Waals surface area contributed by atoms with E-state index in [4.69, 9.17) is 4.42 Å². The van der Waals surface area contributed by atoms with Gasteiger partial charge in [-0.1, -0.05) is 0 Å². The van der Waals surface area contributed by atoms with Crippen LogP contribution in [0.15, 0.2) is 21.7 Å². The van der Waals surface area contributed by atoms with Crippen LogP contribution in [0.2, 0.25) is 0 Å². The van der Waals surface area contributed by atoms with Crippen molar-refractivity contribution in [2.75, 3.05) is 0 Å². The summed E-state index contributed by atoms with van der Waals surface area (Å²) in [5, 5.41) is 18.5. The zero-order valence-corrected chi connectivity index (χ0v) is 12.3. The first kappa shape index (κ1) is 15.0. The molecule has 21 heavy (non-hydrogen) atoms. The molecule has 0 aromatic carbocycles. The number of hydrogen-bond donors (Lipinski definition) is 1. The van der Waals surface area contributed by atoms with Gasteiger partial charge in [0.25, 0.3) is 0 Å². The highest BCUT2D eigenvalue weighted by molar-refractivity contribution is 8.14. The third-order valence-electron chi connectivity index (χ3n) is 2.70. The summed E-state index contributed by atoms with van der Waals surface area (Å²) in [7, 11) is 0. The molecule has 1 aliphatic heterocycles. The van der Waals surface area contributed by atoms with E-state index in [0.717, 1.165) is 16.8 Å². The molecule has 0 unspecified atom stereocenters. The van der Waals surface area contributed by atoms with Crippen LogP contribution in [0.1, 0.15) is 26.5 Å². The molecule has 0 aliphatic carbocycles. The maximum atomic E-state index is 11.7. The summed E-state index contributed by atoms with van der Waals surface area (Å²) in [6.45, 7) is 4.24. The van der Waals surface area contributed by atoms with Gasteiger partial charge in [-0.25, -0.2) is 5.01 Å². The highest BCUT2D eigenvalue weighted by Gasteiger charge is 2.47. The smallest absolute Gasteiger partial charge is 0.402 e. The summed E-state index contributed by atoms with van der Waals surface area (Å²) in [5.74, 6) is -0.953. The molecule has 1 N–H and O–H groups in total. The number of hydrogen-bond acceptors (Lipinski definition) is 7. The lowest BCUT2D eigenvalue weighted by Gasteiger charge is -2.27. The van der Waals surface area contributed by atoms with Crippen molar-refractivity contribution in [3.05, 3.63) is 28.0 Å². The molecule has 0 saturated carbocycles. The van der Waals surface area contributed by atoms with Gasteiger partial charge in [0.1, 0.15) is 10.7 Å². The number of amidine groups is 1. The summed E-state index contributed by atoms with van der Waals surface area (Å²) in [5.41, 5.74) is 0. The molecule has 2 heterocycles. The molecule has 9 nitrogen and oxygen atoms in total. The minimum atomic E-state index is -1.10. The maximum Gasteiger partial charge on any atom is 0.433 e. The van der Waals surface area contributed by atoms with Crippen molar-refractivity contribution in [2.45, 2.75) is 25.6 Å². The monoisotopic (exact) mass is 312 g/mol. The fourth-order valence-electron chi connectivity index (χ4n) is 1.84. The molecule has 1 aromatic rings. The van der Waals surface area contributed by atoms with Crippen LogP contribution in [0.25, 0.3) is 0 Å². The molecular weight excluding hydrogens is 300 g/mol. The Morgan fingerprint density at radius 1 is 1.48 bits per heavy atom. The highest BCUT2D eigenvalue weighted by atomic mass is 32.2. The Bertz CT molecular complexity index is 655. The number of amides is 2. The van der Waals surface area contributed by atoms with Crippen LogP contribution in [0.4, 0.5) is 5.88 Å². The minimum absolute atomic E-state index is 0.193. The van der Waals surface area contributed by atoms with E-state index >= 15 is 0 Å². The number of nitrogens with one attached hydrogen (secondary N) is 1. The Morgan fingerprint density at radius 2 is 2.14 bits per heavy atom. The van der Waals surface area contributed by atoms with Gasteiger partial charge in [-0.3, -0.25) is 19.7 Å². The maximum absolute atomic E-state index is 11.7. The first-order valence-electron chi connectivity index (χ1n) is 5.85. The molecule has 112 valence electrons. The van der Waals surface area contributed by atoms with Crippen LogP contribution in [0, 0.1) is 10.1 Å². The van der Waals surface area contributed by atoms with Crippen LogP contribution in [-0.4, -0.2) is 26.9 Å². The van der Waals surface area contributed by atoms with E-state index in [1.165, 1.54) is 26.0 Å². The second-order valence-corrected chi connectivity index (χ2v) is 5.78.